The van der Waals surface area contributed by atoms with Crippen molar-refractivity contribution in [1.29, 1.82) is 0 Å². The summed E-state index contributed by atoms with van der Waals surface area (Å²) in [4.78, 5) is 2.15. The Morgan fingerprint density at radius 1 is 1.03 bits per heavy atom. The van der Waals surface area contributed by atoms with Gasteiger partial charge in [0.05, 0.1) is 12.2 Å². The van der Waals surface area contributed by atoms with E-state index in [1.165, 1.54) is 0 Å². The van der Waals surface area contributed by atoms with Crippen LogP contribution in [0.25, 0.3) is 22.5 Å². The van der Waals surface area contributed by atoms with Crippen LogP contribution in [0.2, 0.25) is 0 Å². The number of anilines is 1. The maximum atomic E-state index is 14.0. The molecule has 34 heavy (non-hydrogen) atoms. The van der Waals surface area contributed by atoms with Crippen LogP contribution in [-0.2, 0) is 0 Å². The van der Waals surface area contributed by atoms with Gasteiger partial charge in [0.25, 0.3) is 5.92 Å². The number of benzene rings is 1. The van der Waals surface area contributed by atoms with Crippen molar-refractivity contribution in [2.45, 2.75) is 49.7 Å². The summed E-state index contributed by atoms with van der Waals surface area (Å²) in [5, 5.41) is 30.8. The molecule has 0 spiro atoms. The molecule has 2 N–H and O–H groups in total. The average molecular weight is 466 g/mol. The van der Waals surface area contributed by atoms with Gasteiger partial charge < -0.3 is 20.1 Å². The fourth-order valence-electron chi connectivity index (χ4n) is 5.45. The minimum absolute atomic E-state index is 0.0529. The van der Waals surface area contributed by atoms with E-state index in [1.54, 1.807) is 30.5 Å². The molecule has 176 valence electrons. The normalized spacial score (nSPS) is 25.4. The smallest absolute Gasteiger partial charge is 0.251 e. The molecule has 2 bridgehead atoms. The highest BCUT2D eigenvalue weighted by atomic mass is 19.3. The Labute approximate surface area is 195 Å². The second-order valence-electron chi connectivity index (χ2n) is 9.25. The number of halogens is 2. The number of hydrogen-bond donors (Lipinski definition) is 2. The van der Waals surface area contributed by atoms with E-state index in [1.807, 2.05) is 12.1 Å². The first-order chi connectivity index (χ1) is 16.4. The number of aromatic hydroxyl groups is 1. The monoisotopic (exact) mass is 466 g/mol. The van der Waals surface area contributed by atoms with Gasteiger partial charge in [-0.3, -0.25) is 0 Å². The van der Waals surface area contributed by atoms with E-state index in [-0.39, 0.29) is 36.7 Å². The SMILES string of the molecule is Oc1cc(-c2cccnn2)ccc1-c1cc2c(nn1)N(C1C[C@@H]3CC(F)(F)C[C@H](C1)N3)CCO2. The summed E-state index contributed by atoms with van der Waals surface area (Å²) in [5.74, 6) is -1.32. The minimum atomic E-state index is -2.59. The first kappa shape index (κ1) is 21.2. The molecule has 10 heteroatoms. The summed E-state index contributed by atoms with van der Waals surface area (Å²) >= 11 is 0. The van der Waals surface area contributed by atoms with Crippen molar-refractivity contribution in [2.75, 3.05) is 18.1 Å². The molecule has 0 saturated carbocycles. The first-order valence-electron chi connectivity index (χ1n) is 11.5. The Balaban J connectivity index is 1.26. The number of rotatable bonds is 3. The number of piperidine rings is 2. The number of alkyl halides is 2. The van der Waals surface area contributed by atoms with Crippen molar-refractivity contribution < 1.29 is 18.6 Å². The summed E-state index contributed by atoms with van der Waals surface area (Å²) in [6.07, 6.45) is 2.63. The van der Waals surface area contributed by atoms with Gasteiger partial charge in [-0.15, -0.1) is 10.2 Å². The molecule has 3 atom stereocenters. The highest BCUT2D eigenvalue weighted by Crippen LogP contribution is 2.41. The fraction of sp³-hybridized carbons (Fsp3) is 0.417. The Morgan fingerprint density at radius 3 is 2.59 bits per heavy atom. The molecule has 0 aliphatic carbocycles. The lowest BCUT2D eigenvalue weighted by atomic mass is 9.81. The Hall–Kier alpha value is -3.40. The molecule has 3 aromatic rings. The van der Waals surface area contributed by atoms with Crippen molar-refractivity contribution in [3.8, 4) is 34.0 Å². The van der Waals surface area contributed by atoms with Gasteiger partial charge >= 0.3 is 0 Å². The van der Waals surface area contributed by atoms with E-state index >= 15 is 0 Å². The number of ether oxygens (including phenoxy) is 1. The first-order valence-corrected chi connectivity index (χ1v) is 11.5. The third-order valence-electron chi connectivity index (χ3n) is 6.86. The largest absolute Gasteiger partial charge is 0.507 e. The summed E-state index contributed by atoms with van der Waals surface area (Å²) in [6.45, 7) is 1.12. The molecule has 3 aliphatic heterocycles. The molecule has 0 radical (unpaired) electrons. The van der Waals surface area contributed by atoms with Gasteiger partial charge in [0, 0.05) is 54.4 Å². The van der Waals surface area contributed by atoms with Gasteiger partial charge in [-0.25, -0.2) is 8.78 Å². The summed E-state index contributed by atoms with van der Waals surface area (Å²) in [6, 6.07) is 10.3. The van der Waals surface area contributed by atoms with Crippen LogP contribution in [-0.4, -0.2) is 62.7 Å². The van der Waals surface area contributed by atoms with Gasteiger partial charge in [-0.05, 0) is 37.1 Å². The maximum absolute atomic E-state index is 14.0. The zero-order chi connectivity index (χ0) is 23.3. The zero-order valence-electron chi connectivity index (χ0n) is 18.4. The number of nitrogens with zero attached hydrogens (tertiary/aromatic N) is 5. The van der Waals surface area contributed by atoms with E-state index in [9.17, 15) is 13.9 Å². The van der Waals surface area contributed by atoms with Crippen molar-refractivity contribution in [3.63, 3.8) is 0 Å². The van der Waals surface area contributed by atoms with Crippen LogP contribution in [0.4, 0.5) is 14.6 Å². The molecule has 1 unspecified atom stereocenters. The Morgan fingerprint density at radius 2 is 1.85 bits per heavy atom. The van der Waals surface area contributed by atoms with Gasteiger partial charge in [0.1, 0.15) is 18.1 Å². The number of phenols is 1. The predicted octanol–water partition coefficient (Wildman–Crippen LogP) is 3.42. The van der Waals surface area contributed by atoms with Crippen LogP contribution < -0.4 is 15.0 Å². The fourth-order valence-corrected chi connectivity index (χ4v) is 5.45. The number of nitrogens with one attached hydrogen (secondary N) is 1. The molecule has 2 aromatic heterocycles. The van der Waals surface area contributed by atoms with Crippen LogP contribution in [0.1, 0.15) is 25.7 Å². The Kier molecular flexibility index (Phi) is 5.05. The van der Waals surface area contributed by atoms with Crippen LogP contribution in [0.3, 0.4) is 0 Å². The van der Waals surface area contributed by atoms with E-state index in [0.29, 0.717) is 54.5 Å². The number of phenolic OH excluding ortho intramolecular Hbond substituents is 1. The lowest BCUT2D eigenvalue weighted by molar-refractivity contribution is -0.0672. The average Bonchev–Trinajstić information content (AvgIpc) is 2.82. The van der Waals surface area contributed by atoms with Crippen molar-refractivity contribution in [3.05, 3.63) is 42.6 Å². The van der Waals surface area contributed by atoms with E-state index in [0.717, 1.165) is 5.56 Å². The molecule has 2 saturated heterocycles. The minimum Gasteiger partial charge on any atom is -0.507 e. The number of fused-ring (bicyclic) bond motifs is 3. The quantitative estimate of drug-likeness (QED) is 0.606. The van der Waals surface area contributed by atoms with Gasteiger partial charge in [-0.1, -0.05) is 6.07 Å². The molecular formula is C24H24F2N6O2. The van der Waals surface area contributed by atoms with E-state index in [2.05, 4.69) is 30.6 Å². The van der Waals surface area contributed by atoms with Gasteiger partial charge in [-0.2, -0.15) is 10.2 Å². The standard InChI is InChI=1S/C24H24F2N6O2/c25-24(26)12-15-9-17(10-16(13-24)28-15)32-6-7-34-22-11-20(30-31-23(22)32)18-4-3-14(8-21(18)33)19-2-1-5-27-29-19/h1-5,8,11,15-17,28,33H,6-7,9-10,12-13H2/t15-,16+,17?. The van der Waals surface area contributed by atoms with Crippen LogP contribution in [0.15, 0.2) is 42.6 Å². The zero-order valence-corrected chi connectivity index (χ0v) is 18.4. The Bertz CT molecular complexity index is 1200. The van der Waals surface area contributed by atoms with Crippen LogP contribution >= 0.6 is 0 Å². The second kappa shape index (κ2) is 8.12. The van der Waals surface area contributed by atoms with Crippen molar-refractivity contribution in [2.24, 2.45) is 0 Å². The number of hydrogen-bond acceptors (Lipinski definition) is 8. The van der Waals surface area contributed by atoms with Crippen LogP contribution in [0.5, 0.6) is 11.5 Å². The van der Waals surface area contributed by atoms with Crippen molar-refractivity contribution >= 4 is 5.82 Å². The second-order valence-corrected chi connectivity index (χ2v) is 9.25. The summed E-state index contributed by atoms with van der Waals surface area (Å²) in [5.41, 5.74) is 2.42. The molecule has 1 aromatic carbocycles. The van der Waals surface area contributed by atoms with Gasteiger partial charge in [0.15, 0.2) is 11.6 Å². The lowest BCUT2D eigenvalue weighted by Crippen LogP contribution is -2.59. The van der Waals surface area contributed by atoms with Gasteiger partial charge in [0.2, 0.25) is 0 Å². The van der Waals surface area contributed by atoms with Crippen LogP contribution in [0, 0.1) is 0 Å². The summed E-state index contributed by atoms with van der Waals surface area (Å²) < 4.78 is 33.8. The lowest BCUT2D eigenvalue weighted by Gasteiger charge is -2.47. The molecule has 6 rings (SSSR count). The van der Waals surface area contributed by atoms with E-state index in [4.69, 9.17) is 4.74 Å². The third-order valence-corrected chi connectivity index (χ3v) is 6.86. The molecule has 2 fully saturated rings. The van der Waals surface area contributed by atoms with Crippen molar-refractivity contribution in [1.82, 2.24) is 25.7 Å². The number of aromatic nitrogens is 4. The third kappa shape index (κ3) is 3.91. The molecule has 0 amide bonds. The molecule has 5 heterocycles. The maximum Gasteiger partial charge on any atom is 0.251 e. The predicted molar refractivity (Wildman–Crippen MR) is 121 cm³/mol. The molecule has 3 aliphatic rings. The highest BCUT2D eigenvalue weighted by molar-refractivity contribution is 5.74. The molecule has 8 nitrogen and oxygen atoms in total. The summed E-state index contributed by atoms with van der Waals surface area (Å²) in [7, 11) is 0. The topological polar surface area (TPSA) is 96.3 Å². The molecular weight excluding hydrogens is 442 g/mol. The van der Waals surface area contributed by atoms with E-state index < -0.39 is 5.92 Å². The highest BCUT2D eigenvalue weighted by Gasteiger charge is 2.46.